The van der Waals surface area contributed by atoms with Gasteiger partial charge in [0, 0.05) is 17.7 Å². The van der Waals surface area contributed by atoms with Gasteiger partial charge in [-0.1, -0.05) is 50.6 Å². The highest BCUT2D eigenvalue weighted by Crippen LogP contribution is 2.27. The van der Waals surface area contributed by atoms with Crippen molar-refractivity contribution in [3.63, 3.8) is 0 Å². The van der Waals surface area contributed by atoms with E-state index in [-0.39, 0.29) is 17.2 Å². The van der Waals surface area contributed by atoms with E-state index in [1.54, 1.807) is 36.4 Å². The number of allylic oxidation sites excluding steroid dienone is 1. The van der Waals surface area contributed by atoms with E-state index >= 15 is 0 Å². The van der Waals surface area contributed by atoms with E-state index in [2.05, 4.69) is 25.4 Å². The molecule has 0 N–H and O–H groups in total. The molecule has 1 heterocycles. The Morgan fingerprint density at radius 3 is 2.65 bits per heavy atom. The average Bonchev–Trinajstić information content (AvgIpc) is 2.78. The summed E-state index contributed by atoms with van der Waals surface area (Å²) in [4.78, 5) is 4.17. The quantitative estimate of drug-likeness (QED) is 0.232. The second-order valence-corrected chi connectivity index (χ2v) is 7.53. The third kappa shape index (κ3) is 8.25. The van der Waals surface area contributed by atoms with Crippen molar-refractivity contribution < 1.29 is 18.3 Å². The molecule has 168 valence electrons. The van der Waals surface area contributed by atoms with Gasteiger partial charge < -0.3 is 9.47 Å². The van der Waals surface area contributed by atoms with E-state index in [1.165, 1.54) is 19.0 Å². The van der Waals surface area contributed by atoms with Gasteiger partial charge in [0.15, 0.2) is 11.6 Å². The van der Waals surface area contributed by atoms with Gasteiger partial charge in [-0.2, -0.15) is 0 Å². The Hall–Kier alpha value is -2.53. The zero-order chi connectivity index (χ0) is 22.5. The first kappa shape index (κ1) is 24.7. The molecule has 1 aromatic carbocycles. The van der Waals surface area contributed by atoms with Gasteiger partial charge in [0.05, 0.1) is 18.0 Å². The van der Waals surface area contributed by atoms with Crippen LogP contribution < -0.4 is 4.74 Å². The van der Waals surface area contributed by atoms with Gasteiger partial charge in [-0.05, 0) is 50.8 Å². The lowest BCUT2D eigenvalue weighted by molar-refractivity contribution is 0.0566. The topological polar surface area (TPSA) is 31.4 Å². The third-order valence-corrected chi connectivity index (χ3v) is 4.92. The SMILES string of the molecule is C=CCOc1ccc(-c2ccc(/C=C/CCCC(C)OCCCCC)c(F)c2F)nc1. The summed E-state index contributed by atoms with van der Waals surface area (Å²) in [6, 6.07) is 6.41. The van der Waals surface area contributed by atoms with E-state index in [9.17, 15) is 8.78 Å². The highest BCUT2D eigenvalue weighted by Gasteiger charge is 2.14. The molecule has 0 amide bonds. The number of ether oxygens (including phenoxy) is 2. The molecule has 5 heteroatoms. The van der Waals surface area contributed by atoms with Gasteiger partial charge in [-0.15, -0.1) is 0 Å². The molecule has 0 aliphatic carbocycles. The number of halogens is 2. The molecule has 0 spiro atoms. The molecule has 0 radical (unpaired) electrons. The lowest BCUT2D eigenvalue weighted by atomic mass is 10.1. The molecular formula is C26H33F2NO2. The average molecular weight is 430 g/mol. The minimum absolute atomic E-state index is 0.124. The number of pyridine rings is 1. The van der Waals surface area contributed by atoms with Crippen molar-refractivity contribution in [2.75, 3.05) is 13.2 Å². The Morgan fingerprint density at radius 2 is 1.94 bits per heavy atom. The molecule has 1 unspecified atom stereocenters. The normalized spacial score (nSPS) is 12.3. The molecular weight excluding hydrogens is 396 g/mol. The van der Waals surface area contributed by atoms with Crippen molar-refractivity contribution in [2.45, 2.75) is 58.5 Å². The maximum atomic E-state index is 14.6. The molecule has 0 aliphatic rings. The first-order valence-electron chi connectivity index (χ1n) is 11.0. The predicted molar refractivity (Wildman–Crippen MR) is 123 cm³/mol. The summed E-state index contributed by atoms with van der Waals surface area (Å²) in [6.45, 7) is 8.99. The zero-order valence-corrected chi connectivity index (χ0v) is 18.6. The summed E-state index contributed by atoms with van der Waals surface area (Å²) in [6.07, 6.45) is 13.0. The fourth-order valence-electron chi connectivity index (χ4n) is 3.12. The molecule has 1 aromatic heterocycles. The molecule has 0 aliphatic heterocycles. The largest absolute Gasteiger partial charge is 0.488 e. The monoisotopic (exact) mass is 429 g/mol. The summed E-state index contributed by atoms with van der Waals surface area (Å²) in [5.74, 6) is -1.22. The van der Waals surface area contributed by atoms with Gasteiger partial charge in [-0.25, -0.2) is 8.78 Å². The Balaban J connectivity index is 1.88. The Labute approximate surface area is 184 Å². The summed E-state index contributed by atoms with van der Waals surface area (Å²) in [5.41, 5.74) is 0.709. The number of aromatic nitrogens is 1. The number of hydrogen-bond acceptors (Lipinski definition) is 3. The summed E-state index contributed by atoms with van der Waals surface area (Å²) in [5, 5.41) is 0. The van der Waals surface area contributed by atoms with Crippen molar-refractivity contribution in [1.29, 1.82) is 0 Å². The van der Waals surface area contributed by atoms with Crippen LogP contribution in [0, 0.1) is 11.6 Å². The molecule has 31 heavy (non-hydrogen) atoms. The first-order valence-corrected chi connectivity index (χ1v) is 11.0. The molecule has 0 fully saturated rings. The van der Waals surface area contributed by atoms with Crippen molar-refractivity contribution >= 4 is 6.08 Å². The maximum Gasteiger partial charge on any atom is 0.168 e. The van der Waals surface area contributed by atoms with Gasteiger partial charge in [-0.3, -0.25) is 4.98 Å². The minimum Gasteiger partial charge on any atom is -0.488 e. The number of benzene rings is 1. The van der Waals surface area contributed by atoms with Crippen molar-refractivity contribution in [2.24, 2.45) is 0 Å². The first-order chi connectivity index (χ1) is 15.1. The van der Waals surface area contributed by atoms with Crippen LogP contribution in [0.25, 0.3) is 17.3 Å². The van der Waals surface area contributed by atoms with E-state index in [1.807, 2.05) is 6.08 Å². The Kier molecular flexibility index (Phi) is 10.9. The number of nitrogens with zero attached hydrogens (tertiary/aromatic N) is 1. The minimum atomic E-state index is -0.900. The molecule has 0 saturated carbocycles. The predicted octanol–water partition coefficient (Wildman–Crippen LogP) is 7.37. The molecule has 3 nitrogen and oxygen atoms in total. The summed E-state index contributed by atoms with van der Waals surface area (Å²) in [7, 11) is 0. The standard InChI is InChI=1S/C26H33F2NO2/c1-4-6-10-18-30-20(3)11-8-7-9-12-21-13-15-23(26(28)25(21)27)24-16-14-22(19-29-24)31-17-5-2/h5,9,12-16,19-20H,2,4,6-8,10-11,17-18H2,1,3H3/b12-9+. The number of hydrogen-bond donors (Lipinski definition) is 0. The van der Waals surface area contributed by atoms with Gasteiger partial charge >= 0.3 is 0 Å². The zero-order valence-electron chi connectivity index (χ0n) is 18.6. The Bertz CT molecular complexity index is 834. The number of rotatable bonds is 14. The molecule has 1 atom stereocenters. The van der Waals surface area contributed by atoms with Crippen LogP contribution >= 0.6 is 0 Å². The van der Waals surface area contributed by atoms with E-state index in [4.69, 9.17) is 9.47 Å². The van der Waals surface area contributed by atoms with Crippen LogP contribution in [-0.4, -0.2) is 24.3 Å². The van der Waals surface area contributed by atoms with Crippen LogP contribution in [-0.2, 0) is 4.74 Å². The molecule has 0 saturated heterocycles. The Morgan fingerprint density at radius 1 is 1.10 bits per heavy atom. The van der Waals surface area contributed by atoms with Crippen LogP contribution in [0.3, 0.4) is 0 Å². The lowest BCUT2D eigenvalue weighted by Gasteiger charge is -2.12. The molecule has 0 bridgehead atoms. The fourth-order valence-corrected chi connectivity index (χ4v) is 3.12. The summed E-state index contributed by atoms with van der Waals surface area (Å²) < 4.78 is 40.3. The fraction of sp³-hybridized carbons (Fsp3) is 0.423. The smallest absolute Gasteiger partial charge is 0.168 e. The second-order valence-electron chi connectivity index (χ2n) is 7.53. The highest BCUT2D eigenvalue weighted by atomic mass is 19.2. The van der Waals surface area contributed by atoms with Crippen molar-refractivity contribution in [3.05, 3.63) is 66.4 Å². The summed E-state index contributed by atoms with van der Waals surface area (Å²) >= 11 is 0. The van der Waals surface area contributed by atoms with Gasteiger partial charge in [0.2, 0.25) is 0 Å². The van der Waals surface area contributed by atoms with Crippen LogP contribution in [0.15, 0.2) is 49.2 Å². The van der Waals surface area contributed by atoms with E-state index in [0.29, 0.717) is 18.1 Å². The second kappa shape index (κ2) is 13.7. The van der Waals surface area contributed by atoms with E-state index < -0.39 is 11.6 Å². The van der Waals surface area contributed by atoms with Crippen molar-refractivity contribution in [3.8, 4) is 17.0 Å². The van der Waals surface area contributed by atoms with Crippen LogP contribution in [0.5, 0.6) is 5.75 Å². The maximum absolute atomic E-state index is 14.6. The lowest BCUT2D eigenvalue weighted by Crippen LogP contribution is -2.08. The molecule has 2 aromatic rings. The van der Waals surface area contributed by atoms with Gasteiger partial charge in [0.25, 0.3) is 0 Å². The number of unbranched alkanes of at least 4 members (excludes halogenated alkanes) is 3. The van der Waals surface area contributed by atoms with Crippen LogP contribution in [0.2, 0.25) is 0 Å². The molecule has 2 rings (SSSR count). The van der Waals surface area contributed by atoms with E-state index in [0.717, 1.165) is 32.3 Å². The van der Waals surface area contributed by atoms with Crippen LogP contribution in [0.4, 0.5) is 8.78 Å². The highest BCUT2D eigenvalue weighted by molar-refractivity contribution is 5.64. The van der Waals surface area contributed by atoms with Crippen LogP contribution in [0.1, 0.15) is 57.9 Å². The van der Waals surface area contributed by atoms with Gasteiger partial charge in [0.1, 0.15) is 12.4 Å². The van der Waals surface area contributed by atoms with Crippen molar-refractivity contribution in [1.82, 2.24) is 4.98 Å². The third-order valence-electron chi connectivity index (χ3n) is 4.92.